The Balaban J connectivity index is 1.31. The van der Waals surface area contributed by atoms with Gasteiger partial charge in [0.05, 0.1) is 0 Å². The van der Waals surface area contributed by atoms with E-state index in [2.05, 4.69) is 77.8 Å². The largest absolute Gasteiger partial charge is 0.296 e. The average molecular weight is 473 g/mol. The number of aromatic nitrogens is 5. The van der Waals surface area contributed by atoms with Gasteiger partial charge < -0.3 is 0 Å². The van der Waals surface area contributed by atoms with Crippen LogP contribution in [0, 0.1) is 0 Å². The maximum absolute atomic E-state index is 4.53. The average Bonchev–Trinajstić information content (AvgIpc) is 3.42. The van der Waals surface area contributed by atoms with Crippen LogP contribution in [-0.2, 0) is 18.5 Å². The van der Waals surface area contributed by atoms with Crippen LogP contribution in [0.5, 0.6) is 0 Å². The molecule has 0 aromatic carbocycles. The summed E-state index contributed by atoms with van der Waals surface area (Å²) in [5, 5.41) is 6.07. The molecular weight excluding hydrogens is 448 g/mol. The van der Waals surface area contributed by atoms with Crippen LogP contribution in [0.2, 0.25) is 0 Å². The van der Waals surface area contributed by atoms with E-state index in [4.69, 9.17) is 0 Å². The monoisotopic (exact) mass is 472 g/mol. The highest BCUT2D eigenvalue weighted by Gasteiger charge is 2.45. The van der Waals surface area contributed by atoms with Crippen molar-refractivity contribution in [2.24, 2.45) is 0 Å². The molecular formula is C25H24N6S2. The first kappa shape index (κ1) is 20.5. The van der Waals surface area contributed by atoms with Crippen molar-refractivity contribution in [2.75, 3.05) is 6.54 Å². The van der Waals surface area contributed by atoms with Crippen LogP contribution < -0.4 is 0 Å². The molecule has 6 rings (SSSR count). The van der Waals surface area contributed by atoms with Gasteiger partial charge >= 0.3 is 0 Å². The number of rotatable bonds is 9. The number of hydrogen-bond acceptors (Lipinski definition) is 6. The molecule has 0 bridgehead atoms. The summed E-state index contributed by atoms with van der Waals surface area (Å²) >= 11 is 3.33. The molecule has 0 aliphatic heterocycles. The lowest BCUT2D eigenvalue weighted by Gasteiger charge is -2.28. The highest BCUT2D eigenvalue weighted by atomic mass is 32.1. The summed E-state index contributed by atoms with van der Waals surface area (Å²) in [5.74, 6) is 0. The van der Waals surface area contributed by atoms with Gasteiger partial charge in [-0.05, 0) is 48.7 Å². The topological polar surface area (TPSA) is 51.8 Å². The zero-order chi connectivity index (χ0) is 22.1. The van der Waals surface area contributed by atoms with Crippen molar-refractivity contribution in [2.45, 2.75) is 31.3 Å². The van der Waals surface area contributed by atoms with Crippen molar-refractivity contribution < 1.29 is 0 Å². The van der Waals surface area contributed by atoms with Crippen LogP contribution in [0.4, 0.5) is 0 Å². The Bertz CT molecular complexity index is 1230. The number of pyridine rings is 1. The first-order valence-electron chi connectivity index (χ1n) is 11.1. The van der Waals surface area contributed by atoms with Gasteiger partial charge in [-0.2, -0.15) is 0 Å². The van der Waals surface area contributed by atoms with Crippen molar-refractivity contribution in [1.82, 2.24) is 29.0 Å². The Kier molecular flexibility index (Phi) is 5.41. The lowest BCUT2D eigenvalue weighted by Crippen LogP contribution is -2.33. The molecule has 0 saturated heterocycles. The molecule has 5 heterocycles. The highest BCUT2D eigenvalue weighted by molar-refractivity contribution is 7.12. The fraction of sp³-hybridized carbons (Fsp3) is 0.240. The van der Waals surface area contributed by atoms with Crippen LogP contribution in [0.1, 0.15) is 29.8 Å². The summed E-state index contributed by atoms with van der Waals surface area (Å²) in [5.41, 5.74) is 4.03. The Morgan fingerprint density at radius 2 is 1.45 bits per heavy atom. The molecule has 0 unspecified atom stereocenters. The second-order valence-corrected chi connectivity index (χ2v) is 10.3. The molecule has 8 heteroatoms. The van der Waals surface area contributed by atoms with Crippen molar-refractivity contribution >= 4 is 22.7 Å². The maximum atomic E-state index is 4.53. The zero-order valence-electron chi connectivity index (χ0n) is 18.1. The van der Waals surface area contributed by atoms with Crippen molar-refractivity contribution in [3.05, 3.63) is 101 Å². The smallest absolute Gasteiger partial charge is 0.193 e. The van der Waals surface area contributed by atoms with E-state index in [0.717, 1.165) is 29.9 Å². The van der Waals surface area contributed by atoms with Crippen molar-refractivity contribution in [3.8, 4) is 10.3 Å². The minimum atomic E-state index is 0.186. The number of thiazole rings is 2. The molecule has 0 amide bonds. The van der Waals surface area contributed by atoms with Gasteiger partial charge in [0.1, 0.15) is 0 Å². The molecule has 5 aromatic heterocycles. The molecule has 166 valence electrons. The third-order valence-corrected chi connectivity index (χ3v) is 7.88. The molecule has 0 radical (unpaired) electrons. The third kappa shape index (κ3) is 4.17. The molecule has 1 aliphatic carbocycles. The molecule has 0 N–H and O–H groups in total. The molecule has 5 aromatic rings. The summed E-state index contributed by atoms with van der Waals surface area (Å²) in [6, 6.07) is 12.9. The molecule has 0 atom stereocenters. The Morgan fingerprint density at radius 3 is 1.94 bits per heavy atom. The molecule has 1 aliphatic rings. The predicted octanol–water partition coefficient (Wildman–Crippen LogP) is 5.31. The van der Waals surface area contributed by atoms with Crippen LogP contribution in [0.3, 0.4) is 0 Å². The standard InChI is InChI=1S/C25H24N6S2/c1-4-20(16-26-9-1)25(7-8-25)19-29(17-21-5-2-12-30(21)23-27-10-14-32-23)18-22-6-3-13-31(22)24-28-11-15-33-24/h1-6,9-16H,7-8,17-19H2. The number of hydrogen-bond donors (Lipinski definition) is 0. The Morgan fingerprint density at radius 1 is 0.818 bits per heavy atom. The van der Waals surface area contributed by atoms with Gasteiger partial charge in [0, 0.05) is 84.4 Å². The van der Waals surface area contributed by atoms with Gasteiger partial charge in [-0.1, -0.05) is 6.07 Å². The van der Waals surface area contributed by atoms with Crippen LogP contribution in [-0.4, -0.2) is 35.5 Å². The van der Waals surface area contributed by atoms with Gasteiger partial charge in [0.2, 0.25) is 0 Å². The van der Waals surface area contributed by atoms with E-state index in [-0.39, 0.29) is 5.41 Å². The number of nitrogens with zero attached hydrogens (tertiary/aromatic N) is 6. The van der Waals surface area contributed by atoms with Gasteiger partial charge in [0.15, 0.2) is 10.3 Å². The van der Waals surface area contributed by atoms with Gasteiger partial charge in [-0.25, -0.2) is 9.97 Å². The van der Waals surface area contributed by atoms with Crippen LogP contribution in [0.15, 0.2) is 84.3 Å². The minimum absolute atomic E-state index is 0.186. The molecule has 1 saturated carbocycles. The first-order valence-corrected chi connectivity index (χ1v) is 12.8. The summed E-state index contributed by atoms with van der Waals surface area (Å²) in [4.78, 5) is 16.0. The Hall–Kier alpha value is -3.07. The van der Waals surface area contributed by atoms with Gasteiger partial charge in [-0.3, -0.25) is 19.0 Å². The van der Waals surface area contributed by atoms with E-state index in [9.17, 15) is 0 Å². The third-order valence-electron chi connectivity index (χ3n) is 6.34. The van der Waals surface area contributed by atoms with E-state index >= 15 is 0 Å². The van der Waals surface area contributed by atoms with E-state index in [1.54, 1.807) is 22.7 Å². The molecule has 1 fully saturated rings. The second-order valence-electron chi connectivity index (χ2n) is 8.54. The quantitative estimate of drug-likeness (QED) is 0.292. The molecule has 33 heavy (non-hydrogen) atoms. The van der Waals surface area contributed by atoms with Crippen molar-refractivity contribution in [3.63, 3.8) is 0 Å². The Labute approximate surface area is 200 Å². The molecule has 6 nitrogen and oxygen atoms in total. The zero-order valence-corrected chi connectivity index (χ0v) is 19.8. The SMILES string of the molecule is c1cncc(C2(CN(Cc3cccn3-c3nccs3)Cc3cccn3-c3nccs3)CC2)c1. The fourth-order valence-corrected chi connectivity index (χ4v) is 5.87. The van der Waals surface area contributed by atoms with Gasteiger partial charge in [0.25, 0.3) is 0 Å². The predicted molar refractivity (Wildman–Crippen MR) is 132 cm³/mol. The lowest BCUT2D eigenvalue weighted by molar-refractivity contribution is 0.224. The first-order chi connectivity index (χ1) is 16.3. The summed E-state index contributed by atoms with van der Waals surface area (Å²) in [7, 11) is 0. The fourth-order valence-electron chi connectivity index (χ4n) is 4.55. The van der Waals surface area contributed by atoms with E-state index < -0.39 is 0 Å². The van der Waals surface area contributed by atoms with Crippen LogP contribution in [0.25, 0.3) is 10.3 Å². The van der Waals surface area contributed by atoms with E-state index in [0.29, 0.717) is 0 Å². The molecule has 0 spiro atoms. The maximum Gasteiger partial charge on any atom is 0.193 e. The second kappa shape index (κ2) is 8.70. The van der Waals surface area contributed by atoms with E-state index in [1.165, 1.54) is 29.8 Å². The van der Waals surface area contributed by atoms with Crippen molar-refractivity contribution in [1.29, 1.82) is 0 Å². The van der Waals surface area contributed by atoms with E-state index in [1.807, 2.05) is 35.5 Å². The summed E-state index contributed by atoms with van der Waals surface area (Å²) in [6.45, 7) is 2.68. The summed E-state index contributed by atoms with van der Waals surface area (Å²) in [6.07, 6.45) is 14.3. The highest BCUT2D eigenvalue weighted by Crippen LogP contribution is 2.48. The van der Waals surface area contributed by atoms with Gasteiger partial charge in [-0.15, -0.1) is 22.7 Å². The summed E-state index contributed by atoms with van der Waals surface area (Å²) < 4.78 is 4.42. The van der Waals surface area contributed by atoms with Crippen LogP contribution >= 0.6 is 22.7 Å². The lowest BCUT2D eigenvalue weighted by atomic mass is 9.97. The minimum Gasteiger partial charge on any atom is -0.296 e. The normalized spacial score (nSPS) is 14.7.